The molecule has 1 aromatic rings. The number of piperidine rings is 1. The molecule has 1 aromatic carbocycles. The molecule has 2 nitrogen and oxygen atoms in total. The van der Waals surface area contributed by atoms with E-state index < -0.39 is 0 Å². The minimum Gasteiger partial charge on any atom is -0.393 e. The Morgan fingerprint density at radius 1 is 1.35 bits per heavy atom. The van der Waals surface area contributed by atoms with Gasteiger partial charge >= 0.3 is 0 Å². The second kappa shape index (κ2) is 5.65. The smallest absolute Gasteiger partial charge is 0.0592 e. The van der Waals surface area contributed by atoms with Crippen molar-refractivity contribution in [3.63, 3.8) is 0 Å². The topological polar surface area (TPSA) is 23.5 Å². The summed E-state index contributed by atoms with van der Waals surface area (Å²) < 4.78 is 0. The van der Waals surface area contributed by atoms with E-state index in [1.54, 1.807) is 0 Å². The van der Waals surface area contributed by atoms with Crippen molar-refractivity contribution >= 4 is 0 Å². The summed E-state index contributed by atoms with van der Waals surface area (Å²) in [4.78, 5) is 2.48. The lowest BCUT2D eigenvalue weighted by Crippen LogP contribution is -2.42. The molecule has 0 aromatic heterocycles. The van der Waals surface area contributed by atoms with Gasteiger partial charge in [0.25, 0.3) is 0 Å². The van der Waals surface area contributed by atoms with Crippen LogP contribution in [0.1, 0.15) is 30.9 Å². The molecule has 1 aliphatic rings. The molecule has 2 rings (SSSR count). The lowest BCUT2D eigenvalue weighted by atomic mass is 9.92. The molecule has 1 N–H and O–H groups in total. The molecule has 1 fully saturated rings. The summed E-state index contributed by atoms with van der Waals surface area (Å²) in [5.41, 5.74) is 2.78. The van der Waals surface area contributed by atoms with Crippen LogP contribution < -0.4 is 0 Å². The zero-order valence-corrected chi connectivity index (χ0v) is 10.9. The number of benzene rings is 1. The molecule has 0 unspecified atom stereocenters. The van der Waals surface area contributed by atoms with E-state index in [-0.39, 0.29) is 6.10 Å². The first-order valence-electron chi connectivity index (χ1n) is 6.65. The number of hydrogen-bond donors (Lipinski definition) is 1. The van der Waals surface area contributed by atoms with Crippen molar-refractivity contribution in [2.75, 3.05) is 13.1 Å². The fourth-order valence-electron chi connectivity index (χ4n) is 2.67. The van der Waals surface area contributed by atoms with Crippen LogP contribution in [0.15, 0.2) is 24.3 Å². The van der Waals surface area contributed by atoms with E-state index >= 15 is 0 Å². The van der Waals surface area contributed by atoms with Crippen molar-refractivity contribution in [1.29, 1.82) is 0 Å². The highest BCUT2D eigenvalue weighted by Gasteiger charge is 2.26. The van der Waals surface area contributed by atoms with Crippen LogP contribution in [0.4, 0.5) is 0 Å². The highest BCUT2D eigenvalue weighted by atomic mass is 16.3. The van der Waals surface area contributed by atoms with Gasteiger partial charge in [-0.2, -0.15) is 0 Å². The fraction of sp³-hybridized carbons (Fsp3) is 0.600. The Morgan fingerprint density at radius 2 is 2.12 bits per heavy atom. The van der Waals surface area contributed by atoms with Gasteiger partial charge in [0, 0.05) is 19.6 Å². The highest BCUT2D eigenvalue weighted by Crippen LogP contribution is 2.22. The van der Waals surface area contributed by atoms with Crippen LogP contribution in [0, 0.1) is 12.8 Å². The molecule has 2 heteroatoms. The average Bonchev–Trinajstić information content (AvgIpc) is 2.34. The van der Waals surface area contributed by atoms with Gasteiger partial charge < -0.3 is 5.11 Å². The van der Waals surface area contributed by atoms with Gasteiger partial charge in [-0.05, 0) is 36.8 Å². The highest BCUT2D eigenvalue weighted by molar-refractivity contribution is 5.25. The van der Waals surface area contributed by atoms with E-state index in [1.165, 1.54) is 11.1 Å². The molecule has 94 valence electrons. The lowest BCUT2D eigenvalue weighted by molar-refractivity contribution is 0.0221. The van der Waals surface area contributed by atoms with Gasteiger partial charge in [-0.1, -0.05) is 31.2 Å². The molecule has 0 bridgehead atoms. The molecular weight excluding hydrogens is 210 g/mol. The van der Waals surface area contributed by atoms with Gasteiger partial charge in [-0.15, -0.1) is 0 Å². The summed E-state index contributed by atoms with van der Waals surface area (Å²) in [7, 11) is 0. The Kier molecular flexibility index (Phi) is 4.19. The summed E-state index contributed by atoms with van der Waals surface area (Å²) in [6, 6.07) is 8.58. The normalized spacial score (nSPS) is 26.1. The van der Waals surface area contributed by atoms with Gasteiger partial charge in [0.1, 0.15) is 0 Å². The summed E-state index contributed by atoms with van der Waals surface area (Å²) in [5.74, 6) is 0.452. The van der Waals surface area contributed by atoms with Gasteiger partial charge in [0.15, 0.2) is 0 Å². The summed E-state index contributed by atoms with van der Waals surface area (Å²) >= 11 is 0. The van der Waals surface area contributed by atoms with Crippen LogP contribution >= 0.6 is 0 Å². The maximum atomic E-state index is 9.88. The van der Waals surface area contributed by atoms with Gasteiger partial charge in [0.05, 0.1) is 6.10 Å². The van der Waals surface area contributed by atoms with Crippen LogP contribution in [0.3, 0.4) is 0 Å². The van der Waals surface area contributed by atoms with Crippen molar-refractivity contribution < 1.29 is 5.11 Å². The van der Waals surface area contributed by atoms with E-state index in [0.29, 0.717) is 5.92 Å². The number of aryl methyl sites for hydroxylation is 1. The van der Waals surface area contributed by atoms with E-state index in [4.69, 9.17) is 0 Å². The van der Waals surface area contributed by atoms with Crippen LogP contribution in [0.2, 0.25) is 0 Å². The second-order valence-corrected chi connectivity index (χ2v) is 5.19. The summed E-state index contributed by atoms with van der Waals surface area (Å²) in [6.45, 7) is 7.42. The van der Waals surface area contributed by atoms with Crippen molar-refractivity contribution in [3.05, 3.63) is 35.4 Å². The molecule has 17 heavy (non-hydrogen) atoms. The molecule has 1 heterocycles. The molecule has 0 aliphatic carbocycles. The third kappa shape index (κ3) is 3.08. The average molecular weight is 233 g/mol. The number of aliphatic hydroxyl groups is 1. The van der Waals surface area contributed by atoms with Gasteiger partial charge in [-0.3, -0.25) is 4.90 Å². The van der Waals surface area contributed by atoms with E-state index in [1.807, 2.05) is 0 Å². The predicted octanol–water partition coefficient (Wildman–Crippen LogP) is 2.59. The molecule has 0 radical (unpaired) electrons. The van der Waals surface area contributed by atoms with Crippen molar-refractivity contribution in [2.45, 2.75) is 39.3 Å². The molecule has 2 atom stereocenters. The summed E-state index contributed by atoms with van der Waals surface area (Å²) in [5, 5.41) is 9.88. The van der Waals surface area contributed by atoms with Crippen molar-refractivity contribution in [3.8, 4) is 0 Å². The van der Waals surface area contributed by atoms with Crippen LogP contribution in [0.25, 0.3) is 0 Å². The number of nitrogens with zero attached hydrogens (tertiary/aromatic N) is 1. The Bertz CT molecular complexity index is 364. The number of likely N-dealkylation sites (tertiary alicyclic amines) is 1. The standard InChI is InChI=1S/C15H23NO/c1-3-13-10-16(9-8-15(13)17)11-14-7-5-4-6-12(14)2/h4-7,13,15,17H,3,8-11H2,1-2H3/t13-,15-/m1/s1. The first-order valence-corrected chi connectivity index (χ1v) is 6.65. The molecule has 1 saturated heterocycles. The van der Waals surface area contributed by atoms with E-state index in [9.17, 15) is 5.11 Å². The third-order valence-electron chi connectivity index (χ3n) is 3.96. The zero-order valence-electron chi connectivity index (χ0n) is 10.9. The van der Waals surface area contributed by atoms with E-state index in [0.717, 1.165) is 32.5 Å². The monoisotopic (exact) mass is 233 g/mol. The fourth-order valence-corrected chi connectivity index (χ4v) is 2.67. The molecule has 1 aliphatic heterocycles. The second-order valence-electron chi connectivity index (χ2n) is 5.19. The Balaban J connectivity index is 1.98. The third-order valence-corrected chi connectivity index (χ3v) is 3.96. The number of hydrogen-bond acceptors (Lipinski definition) is 2. The molecular formula is C15H23NO. The Hall–Kier alpha value is -0.860. The quantitative estimate of drug-likeness (QED) is 0.867. The predicted molar refractivity (Wildman–Crippen MR) is 70.9 cm³/mol. The maximum Gasteiger partial charge on any atom is 0.0592 e. The molecule has 0 saturated carbocycles. The number of aliphatic hydroxyl groups excluding tert-OH is 1. The van der Waals surface area contributed by atoms with E-state index in [2.05, 4.69) is 43.0 Å². The van der Waals surface area contributed by atoms with Crippen molar-refractivity contribution in [2.24, 2.45) is 5.92 Å². The van der Waals surface area contributed by atoms with Crippen LogP contribution in [-0.4, -0.2) is 29.2 Å². The van der Waals surface area contributed by atoms with Crippen LogP contribution in [-0.2, 0) is 6.54 Å². The first-order chi connectivity index (χ1) is 8.20. The van der Waals surface area contributed by atoms with Crippen LogP contribution in [0.5, 0.6) is 0 Å². The summed E-state index contributed by atoms with van der Waals surface area (Å²) in [6.07, 6.45) is 1.91. The largest absolute Gasteiger partial charge is 0.393 e. The maximum absolute atomic E-state index is 9.88. The first kappa shape index (κ1) is 12.6. The number of rotatable bonds is 3. The Morgan fingerprint density at radius 3 is 2.82 bits per heavy atom. The Labute approximate surface area is 104 Å². The SMILES string of the molecule is CC[C@@H]1CN(Cc2ccccc2C)CC[C@H]1O. The minimum absolute atomic E-state index is 0.0897. The van der Waals surface area contributed by atoms with Crippen molar-refractivity contribution in [1.82, 2.24) is 4.90 Å². The lowest BCUT2D eigenvalue weighted by Gasteiger charge is -2.36. The minimum atomic E-state index is -0.0897. The van der Waals surface area contributed by atoms with Gasteiger partial charge in [-0.25, -0.2) is 0 Å². The van der Waals surface area contributed by atoms with Gasteiger partial charge in [0.2, 0.25) is 0 Å². The zero-order chi connectivity index (χ0) is 12.3. The molecule has 0 amide bonds. The molecule has 0 spiro atoms.